The standard InChI is InChI=1S/C23H20N4O5S.C5H10O2/c1-13-16-19(28)27(23(2,3)21(29)30)22(31)26(10-8-14-6-4-5-7-15(14)12-24)20(16)33-17(13)18-25-9-11-32-18;6-5-1-3-7-4-2-5/h4-7,9,11H,8,10H2,1-3H3,(H,29,30);5-6H,1-4H2. The van der Waals surface area contributed by atoms with Crippen LogP contribution in [0, 0.1) is 18.3 Å². The minimum atomic E-state index is -1.77. The van der Waals surface area contributed by atoms with Gasteiger partial charge in [0, 0.05) is 19.8 Å². The molecule has 0 amide bonds. The maximum atomic E-state index is 13.5. The molecule has 12 heteroatoms. The molecule has 4 aromatic rings. The number of benzene rings is 1. The molecule has 4 heterocycles. The second-order valence-electron chi connectivity index (χ2n) is 9.88. The van der Waals surface area contributed by atoms with E-state index in [-0.39, 0.29) is 18.0 Å². The molecule has 1 saturated heterocycles. The summed E-state index contributed by atoms with van der Waals surface area (Å²) < 4.78 is 12.6. The van der Waals surface area contributed by atoms with Crippen LogP contribution < -0.4 is 11.2 Å². The molecular weight excluding hydrogens is 536 g/mol. The van der Waals surface area contributed by atoms with Crippen molar-refractivity contribution in [1.82, 2.24) is 14.1 Å². The smallest absolute Gasteiger partial charge is 0.333 e. The first-order valence-electron chi connectivity index (χ1n) is 12.7. The molecule has 0 radical (unpaired) electrons. The van der Waals surface area contributed by atoms with Crippen molar-refractivity contribution in [2.75, 3.05) is 13.2 Å². The number of hydrogen-bond acceptors (Lipinski definition) is 9. The minimum Gasteiger partial charge on any atom is -0.480 e. The van der Waals surface area contributed by atoms with Crippen molar-refractivity contribution in [3.8, 4) is 16.8 Å². The summed E-state index contributed by atoms with van der Waals surface area (Å²) in [5, 5.41) is 28.2. The average molecular weight is 567 g/mol. The molecule has 0 spiro atoms. The Morgan fingerprint density at radius 1 is 1.25 bits per heavy atom. The van der Waals surface area contributed by atoms with Crippen molar-refractivity contribution < 1.29 is 24.2 Å². The van der Waals surface area contributed by atoms with E-state index in [4.69, 9.17) is 14.3 Å². The van der Waals surface area contributed by atoms with Gasteiger partial charge in [-0.25, -0.2) is 19.1 Å². The molecule has 40 heavy (non-hydrogen) atoms. The summed E-state index contributed by atoms with van der Waals surface area (Å²) in [6.45, 7) is 5.97. The summed E-state index contributed by atoms with van der Waals surface area (Å²) >= 11 is 1.19. The number of carboxylic acid groups (broad SMARTS) is 1. The van der Waals surface area contributed by atoms with Crippen LogP contribution in [0.5, 0.6) is 0 Å². The summed E-state index contributed by atoms with van der Waals surface area (Å²) in [5.41, 5.74) is -1.38. The molecule has 11 nitrogen and oxygen atoms in total. The van der Waals surface area contributed by atoms with Crippen molar-refractivity contribution in [3.05, 3.63) is 74.3 Å². The highest BCUT2D eigenvalue weighted by Gasteiger charge is 2.35. The van der Waals surface area contributed by atoms with E-state index in [2.05, 4.69) is 11.1 Å². The number of carbonyl (C=O) groups is 1. The van der Waals surface area contributed by atoms with Gasteiger partial charge < -0.3 is 19.4 Å². The van der Waals surface area contributed by atoms with E-state index in [0.717, 1.165) is 36.2 Å². The topological polar surface area (TPSA) is 161 Å². The van der Waals surface area contributed by atoms with E-state index in [1.165, 1.54) is 42.2 Å². The van der Waals surface area contributed by atoms with Gasteiger partial charge in [0.05, 0.1) is 34.2 Å². The SMILES string of the molecule is Cc1c(-c2ncco2)sc2c1c(=O)n(C(C)(C)C(=O)O)c(=O)n2CCc1ccccc1C#N.OC1CCOCC1. The Morgan fingerprint density at radius 2 is 1.95 bits per heavy atom. The molecule has 0 saturated carbocycles. The summed E-state index contributed by atoms with van der Waals surface area (Å²) in [6, 6.07) is 9.19. The molecule has 0 unspecified atom stereocenters. The van der Waals surface area contributed by atoms with Gasteiger partial charge in [-0.05, 0) is 57.2 Å². The van der Waals surface area contributed by atoms with Crippen molar-refractivity contribution in [2.45, 2.75) is 58.2 Å². The summed E-state index contributed by atoms with van der Waals surface area (Å²) in [4.78, 5) is 44.0. The zero-order chi connectivity index (χ0) is 29.0. The molecular formula is C28H30N4O7S. The van der Waals surface area contributed by atoms with Crippen LogP contribution in [0.15, 0.2) is 50.7 Å². The van der Waals surface area contributed by atoms with E-state index in [1.807, 2.05) is 0 Å². The van der Waals surface area contributed by atoms with Crippen molar-refractivity contribution in [1.29, 1.82) is 5.26 Å². The van der Waals surface area contributed by atoms with Crippen molar-refractivity contribution in [3.63, 3.8) is 0 Å². The van der Waals surface area contributed by atoms with Crippen LogP contribution in [0.1, 0.15) is 43.4 Å². The number of aliphatic carboxylic acids is 1. The number of aliphatic hydroxyl groups is 1. The number of aliphatic hydroxyl groups excluding tert-OH is 1. The molecule has 1 aliphatic heterocycles. The van der Waals surface area contributed by atoms with Gasteiger partial charge in [0.2, 0.25) is 5.89 Å². The number of rotatable bonds is 6. The van der Waals surface area contributed by atoms with E-state index in [9.17, 15) is 24.8 Å². The molecule has 3 aromatic heterocycles. The van der Waals surface area contributed by atoms with Gasteiger partial charge in [-0.3, -0.25) is 9.36 Å². The lowest BCUT2D eigenvalue weighted by Crippen LogP contribution is -2.52. The normalized spacial score (nSPS) is 14.0. The fraction of sp³-hybridized carbons (Fsp3) is 0.393. The fourth-order valence-electron chi connectivity index (χ4n) is 4.44. The first-order valence-corrected chi connectivity index (χ1v) is 13.6. The minimum absolute atomic E-state index is 0.0891. The van der Waals surface area contributed by atoms with Crippen LogP contribution in [0.25, 0.3) is 21.0 Å². The highest BCUT2D eigenvalue weighted by Crippen LogP contribution is 2.35. The maximum Gasteiger partial charge on any atom is 0.333 e. The Balaban J connectivity index is 0.000000461. The van der Waals surface area contributed by atoms with Gasteiger partial charge in [0.1, 0.15) is 16.6 Å². The van der Waals surface area contributed by atoms with Crippen molar-refractivity contribution >= 4 is 27.5 Å². The predicted octanol–water partition coefficient (Wildman–Crippen LogP) is 3.28. The van der Waals surface area contributed by atoms with Crippen molar-refractivity contribution in [2.24, 2.45) is 0 Å². The average Bonchev–Trinajstić information content (AvgIpc) is 3.57. The molecule has 1 fully saturated rings. The van der Waals surface area contributed by atoms with Crippen LogP contribution in [0.2, 0.25) is 0 Å². The number of ether oxygens (including phenoxy) is 1. The van der Waals surface area contributed by atoms with Crippen LogP contribution in [0.4, 0.5) is 0 Å². The molecule has 1 aromatic carbocycles. The third-order valence-electron chi connectivity index (χ3n) is 6.85. The van der Waals surface area contributed by atoms with Crippen LogP contribution in [-0.4, -0.2) is 49.6 Å². The monoisotopic (exact) mass is 566 g/mol. The van der Waals surface area contributed by atoms with Crippen LogP contribution in [0.3, 0.4) is 0 Å². The number of oxazole rings is 1. The lowest BCUT2D eigenvalue weighted by Gasteiger charge is -2.23. The summed E-state index contributed by atoms with van der Waals surface area (Å²) in [7, 11) is 0. The predicted molar refractivity (Wildman–Crippen MR) is 148 cm³/mol. The number of nitriles is 1. The number of aromatic nitrogens is 3. The molecule has 1 aliphatic rings. The summed E-state index contributed by atoms with van der Waals surface area (Å²) in [5.74, 6) is -0.991. The van der Waals surface area contributed by atoms with Gasteiger partial charge in [-0.2, -0.15) is 5.26 Å². The largest absolute Gasteiger partial charge is 0.480 e. The maximum absolute atomic E-state index is 13.5. The summed E-state index contributed by atoms with van der Waals surface area (Å²) in [6.07, 6.45) is 4.79. The lowest BCUT2D eigenvalue weighted by atomic mass is 10.0. The second-order valence-corrected chi connectivity index (χ2v) is 10.9. The fourth-order valence-corrected chi connectivity index (χ4v) is 5.70. The zero-order valence-electron chi connectivity index (χ0n) is 22.4. The molecule has 2 N–H and O–H groups in total. The van der Waals surface area contributed by atoms with E-state index in [1.54, 1.807) is 31.2 Å². The number of nitrogens with zero attached hydrogens (tertiary/aromatic N) is 4. The van der Waals surface area contributed by atoms with Gasteiger partial charge in [0.25, 0.3) is 5.56 Å². The van der Waals surface area contributed by atoms with Crippen LogP contribution in [-0.2, 0) is 28.0 Å². The molecule has 5 rings (SSSR count). The number of thiophene rings is 1. The molecule has 0 aliphatic carbocycles. The van der Waals surface area contributed by atoms with Gasteiger partial charge in [-0.15, -0.1) is 11.3 Å². The zero-order valence-corrected chi connectivity index (χ0v) is 23.2. The van der Waals surface area contributed by atoms with E-state index in [0.29, 0.717) is 33.1 Å². The van der Waals surface area contributed by atoms with Gasteiger partial charge in [0.15, 0.2) is 0 Å². The highest BCUT2D eigenvalue weighted by atomic mass is 32.1. The number of fused-ring (bicyclic) bond motifs is 1. The number of aryl methyl sites for hydroxylation is 3. The van der Waals surface area contributed by atoms with Crippen LogP contribution >= 0.6 is 11.3 Å². The Kier molecular flexibility index (Phi) is 8.68. The number of hydrogen-bond donors (Lipinski definition) is 2. The van der Waals surface area contributed by atoms with E-state index >= 15 is 0 Å². The van der Waals surface area contributed by atoms with Gasteiger partial charge in [-0.1, -0.05) is 18.2 Å². The third kappa shape index (κ3) is 5.62. The molecule has 210 valence electrons. The lowest BCUT2D eigenvalue weighted by molar-refractivity contribution is -0.146. The third-order valence-corrected chi connectivity index (χ3v) is 8.16. The molecule has 0 atom stereocenters. The quantitative estimate of drug-likeness (QED) is 0.357. The van der Waals surface area contributed by atoms with Gasteiger partial charge >= 0.3 is 11.7 Å². The Morgan fingerprint density at radius 3 is 2.52 bits per heavy atom. The first-order chi connectivity index (χ1) is 19.1. The Hall–Kier alpha value is -4.05. The first kappa shape index (κ1) is 28.9. The highest BCUT2D eigenvalue weighted by molar-refractivity contribution is 7.22. The van der Waals surface area contributed by atoms with E-state index < -0.39 is 22.8 Å². The Bertz CT molecular complexity index is 1670. The Labute approximate surface area is 233 Å². The molecule has 0 bridgehead atoms. The second kappa shape index (κ2) is 12.0. The number of carboxylic acids is 1.